The number of nitrogens with zero attached hydrogens (tertiary/aromatic N) is 2. The zero-order valence-electron chi connectivity index (χ0n) is 10.0. The second-order valence-corrected chi connectivity index (χ2v) is 4.61. The molecule has 98 valence electrons. The van der Waals surface area contributed by atoms with Gasteiger partial charge >= 0.3 is 0 Å². The number of halogens is 1. The van der Waals surface area contributed by atoms with Crippen LogP contribution in [-0.2, 0) is 6.54 Å². The zero-order valence-corrected chi connectivity index (χ0v) is 11.6. The molecule has 0 spiro atoms. The van der Waals surface area contributed by atoms with Crippen LogP contribution in [0.1, 0.15) is 5.89 Å². The molecule has 0 radical (unpaired) electrons. The lowest BCUT2D eigenvalue weighted by atomic mass is 10.1. The van der Waals surface area contributed by atoms with Crippen molar-refractivity contribution in [2.24, 2.45) is 5.73 Å². The second kappa shape index (κ2) is 4.67. The van der Waals surface area contributed by atoms with E-state index in [0.29, 0.717) is 23.0 Å². The normalized spacial score (nSPS) is 11.1. The second-order valence-electron chi connectivity index (χ2n) is 3.82. The molecule has 2 heterocycles. The van der Waals surface area contributed by atoms with Gasteiger partial charge in [0.05, 0.1) is 19.9 Å². The topological polar surface area (TPSA) is 87.3 Å². The number of rotatable bonds is 3. The number of ether oxygens (including phenoxy) is 1. The molecule has 19 heavy (non-hydrogen) atoms. The number of fused-ring (bicyclic) bond motifs is 1. The van der Waals surface area contributed by atoms with E-state index in [1.807, 2.05) is 6.07 Å². The first-order valence-electron chi connectivity index (χ1n) is 5.51. The van der Waals surface area contributed by atoms with Crippen molar-refractivity contribution < 1.29 is 13.7 Å². The van der Waals surface area contributed by atoms with Crippen molar-refractivity contribution in [3.05, 3.63) is 28.8 Å². The highest BCUT2D eigenvalue weighted by Crippen LogP contribution is 2.39. The molecule has 0 bridgehead atoms. The molecule has 3 aromatic rings. The van der Waals surface area contributed by atoms with Crippen molar-refractivity contribution in [1.82, 2.24) is 10.1 Å². The molecule has 0 aliphatic carbocycles. The average molecular weight is 324 g/mol. The van der Waals surface area contributed by atoms with E-state index in [4.69, 9.17) is 19.4 Å². The van der Waals surface area contributed by atoms with Crippen LogP contribution in [0.3, 0.4) is 0 Å². The molecule has 1 aromatic carbocycles. The van der Waals surface area contributed by atoms with Crippen LogP contribution in [0.25, 0.3) is 22.4 Å². The summed E-state index contributed by atoms with van der Waals surface area (Å²) in [6, 6.07) is 3.64. The van der Waals surface area contributed by atoms with Crippen LogP contribution >= 0.6 is 15.9 Å². The van der Waals surface area contributed by atoms with E-state index in [9.17, 15) is 0 Å². The molecule has 0 saturated heterocycles. The fraction of sp³-hybridized carbons (Fsp3) is 0.167. The number of aromatic nitrogens is 2. The van der Waals surface area contributed by atoms with Gasteiger partial charge in [-0.3, -0.25) is 0 Å². The first-order valence-corrected chi connectivity index (χ1v) is 6.30. The van der Waals surface area contributed by atoms with Crippen LogP contribution in [0.15, 0.2) is 31.8 Å². The fourth-order valence-corrected chi connectivity index (χ4v) is 2.44. The molecule has 2 aromatic heterocycles. The van der Waals surface area contributed by atoms with Gasteiger partial charge in [-0.05, 0) is 28.1 Å². The highest BCUT2D eigenvalue weighted by Gasteiger charge is 2.18. The molecule has 0 amide bonds. The predicted octanol–water partition coefficient (Wildman–Crippen LogP) is 2.71. The number of methoxy groups -OCH3 is 1. The lowest BCUT2D eigenvalue weighted by Crippen LogP contribution is -1.96. The van der Waals surface area contributed by atoms with E-state index in [-0.39, 0.29) is 6.54 Å². The van der Waals surface area contributed by atoms with Crippen LogP contribution in [0.5, 0.6) is 5.75 Å². The van der Waals surface area contributed by atoms with Gasteiger partial charge in [0.1, 0.15) is 0 Å². The summed E-state index contributed by atoms with van der Waals surface area (Å²) in [6.07, 6.45) is 1.60. The van der Waals surface area contributed by atoms with Gasteiger partial charge in [0.25, 0.3) is 0 Å². The number of nitrogens with two attached hydrogens (primary N) is 1. The third-order valence-corrected chi connectivity index (χ3v) is 3.60. The predicted molar refractivity (Wildman–Crippen MR) is 71.6 cm³/mol. The van der Waals surface area contributed by atoms with Gasteiger partial charge in [0, 0.05) is 15.4 Å². The van der Waals surface area contributed by atoms with Gasteiger partial charge < -0.3 is 19.4 Å². The summed E-state index contributed by atoms with van der Waals surface area (Å²) in [4.78, 5) is 4.21. The first kappa shape index (κ1) is 12.2. The molecule has 3 rings (SSSR count). The van der Waals surface area contributed by atoms with Crippen LogP contribution in [0.4, 0.5) is 0 Å². The van der Waals surface area contributed by atoms with Gasteiger partial charge in [-0.1, -0.05) is 5.16 Å². The summed E-state index contributed by atoms with van der Waals surface area (Å²) in [5, 5.41) is 4.79. The van der Waals surface area contributed by atoms with Gasteiger partial charge in [-0.25, -0.2) is 0 Å². The summed E-state index contributed by atoms with van der Waals surface area (Å²) in [5.41, 5.74) is 6.89. The molecule has 0 saturated carbocycles. The Hall–Kier alpha value is -1.86. The van der Waals surface area contributed by atoms with E-state index < -0.39 is 0 Å². The molecule has 0 fully saturated rings. The van der Waals surface area contributed by atoms with Crippen LogP contribution in [-0.4, -0.2) is 17.3 Å². The maximum absolute atomic E-state index is 5.46. The van der Waals surface area contributed by atoms with Crippen LogP contribution in [0, 0.1) is 0 Å². The third-order valence-electron chi connectivity index (χ3n) is 2.74. The minimum absolute atomic E-state index is 0.204. The van der Waals surface area contributed by atoms with Crippen molar-refractivity contribution in [1.29, 1.82) is 0 Å². The lowest BCUT2D eigenvalue weighted by molar-refractivity contribution is 0.380. The number of hydrogen-bond acceptors (Lipinski definition) is 6. The van der Waals surface area contributed by atoms with Crippen LogP contribution < -0.4 is 10.5 Å². The van der Waals surface area contributed by atoms with Gasteiger partial charge in [0.2, 0.25) is 11.7 Å². The molecule has 7 heteroatoms. The van der Waals surface area contributed by atoms with E-state index in [1.54, 1.807) is 19.4 Å². The largest absolute Gasteiger partial charge is 0.493 e. The molecule has 6 nitrogen and oxygen atoms in total. The first-order chi connectivity index (χ1) is 9.24. The monoisotopic (exact) mass is 323 g/mol. The van der Waals surface area contributed by atoms with Crippen molar-refractivity contribution in [2.45, 2.75) is 6.54 Å². The Morgan fingerprint density at radius 3 is 3.00 bits per heavy atom. The number of furan rings is 1. The Morgan fingerprint density at radius 2 is 2.32 bits per heavy atom. The molecule has 0 unspecified atom stereocenters. The van der Waals surface area contributed by atoms with Gasteiger partial charge in [-0.15, -0.1) is 0 Å². The summed E-state index contributed by atoms with van der Waals surface area (Å²) in [7, 11) is 1.58. The fourth-order valence-electron chi connectivity index (χ4n) is 1.84. The molecular weight excluding hydrogens is 314 g/mol. The van der Waals surface area contributed by atoms with Crippen molar-refractivity contribution in [3.8, 4) is 17.1 Å². The molecule has 0 aliphatic heterocycles. The van der Waals surface area contributed by atoms with Crippen LogP contribution in [0.2, 0.25) is 0 Å². The number of benzene rings is 1. The van der Waals surface area contributed by atoms with Gasteiger partial charge in [0.15, 0.2) is 11.3 Å². The molecular formula is C12H10BrN3O3. The minimum atomic E-state index is 0.204. The Labute approximate surface area is 116 Å². The van der Waals surface area contributed by atoms with E-state index in [2.05, 4.69) is 26.1 Å². The Balaban J connectivity index is 2.25. The SMILES string of the molecule is COc1cc(-c2noc(CN)n2)c(Br)c2ccoc12. The highest BCUT2D eigenvalue weighted by molar-refractivity contribution is 9.10. The van der Waals surface area contributed by atoms with E-state index in [1.165, 1.54) is 0 Å². The minimum Gasteiger partial charge on any atom is -0.493 e. The van der Waals surface area contributed by atoms with Crippen molar-refractivity contribution in [3.63, 3.8) is 0 Å². The quantitative estimate of drug-likeness (QED) is 0.797. The Morgan fingerprint density at radius 1 is 1.47 bits per heavy atom. The molecule has 2 N–H and O–H groups in total. The van der Waals surface area contributed by atoms with Crippen molar-refractivity contribution in [2.75, 3.05) is 7.11 Å². The highest BCUT2D eigenvalue weighted by atomic mass is 79.9. The third kappa shape index (κ3) is 1.91. The summed E-state index contributed by atoms with van der Waals surface area (Å²) < 4.78 is 16.5. The zero-order chi connectivity index (χ0) is 13.4. The molecule has 0 aliphatic rings. The summed E-state index contributed by atoms with van der Waals surface area (Å²) in [6.45, 7) is 0.204. The number of hydrogen-bond donors (Lipinski definition) is 1. The summed E-state index contributed by atoms with van der Waals surface area (Å²) in [5.74, 6) is 1.44. The maximum Gasteiger partial charge on any atom is 0.240 e. The molecule has 0 atom stereocenters. The van der Waals surface area contributed by atoms with Gasteiger partial charge in [-0.2, -0.15) is 4.98 Å². The summed E-state index contributed by atoms with van der Waals surface area (Å²) >= 11 is 3.52. The van der Waals surface area contributed by atoms with E-state index in [0.717, 1.165) is 15.4 Å². The van der Waals surface area contributed by atoms with Crippen molar-refractivity contribution >= 4 is 26.9 Å². The maximum atomic E-state index is 5.46. The lowest BCUT2D eigenvalue weighted by Gasteiger charge is -2.05. The standard InChI is InChI=1S/C12H10BrN3O3/c1-17-8-4-7(12-15-9(5-14)19-16-12)10(13)6-2-3-18-11(6)8/h2-4H,5,14H2,1H3. The Kier molecular flexibility index (Phi) is 3.00. The van der Waals surface area contributed by atoms with E-state index >= 15 is 0 Å². The average Bonchev–Trinajstić information content (AvgIpc) is 3.08. The Bertz CT molecular complexity index is 735. The smallest absolute Gasteiger partial charge is 0.240 e.